The van der Waals surface area contributed by atoms with Crippen molar-refractivity contribution in [3.05, 3.63) is 83.9 Å². The topological polar surface area (TPSA) is 70.6 Å². The minimum absolute atomic E-state index is 0.0727. The molecule has 7 nitrogen and oxygen atoms in total. The van der Waals surface area contributed by atoms with Gasteiger partial charge in [0, 0.05) is 37.3 Å². The van der Waals surface area contributed by atoms with Gasteiger partial charge in [0.05, 0.1) is 12.2 Å². The lowest BCUT2D eigenvalue weighted by Crippen LogP contribution is -2.37. The van der Waals surface area contributed by atoms with Crippen LogP contribution in [-0.4, -0.2) is 65.9 Å². The molecule has 0 saturated carbocycles. The molecule has 1 aliphatic heterocycles. The summed E-state index contributed by atoms with van der Waals surface area (Å²) < 4.78 is 5.88. The zero-order chi connectivity index (χ0) is 23.8. The second kappa shape index (κ2) is 11.7. The summed E-state index contributed by atoms with van der Waals surface area (Å²) >= 11 is 0. The monoisotopic (exact) mass is 459 g/mol. The molecule has 0 atom stereocenters. The fraction of sp³-hybridized carbons (Fsp3) is 0.370. The van der Waals surface area contributed by atoms with Crippen LogP contribution in [-0.2, 0) is 6.54 Å². The van der Waals surface area contributed by atoms with Crippen molar-refractivity contribution in [1.29, 1.82) is 0 Å². The van der Waals surface area contributed by atoms with Gasteiger partial charge in [-0.05, 0) is 69.4 Å². The molecule has 1 aromatic heterocycles. The first-order valence-electron chi connectivity index (χ1n) is 11.9. The zero-order valence-electron chi connectivity index (χ0n) is 20.0. The number of piperidine rings is 1. The third-order valence-electron chi connectivity index (χ3n) is 6.23. The lowest BCUT2D eigenvalue weighted by Gasteiger charge is -2.31. The Bertz CT molecular complexity index is 1070. The molecular weight excluding hydrogens is 426 g/mol. The molecule has 3 aromatic rings. The highest BCUT2D eigenvalue weighted by Crippen LogP contribution is 2.27. The van der Waals surface area contributed by atoms with Gasteiger partial charge in [-0.25, -0.2) is 9.97 Å². The SMILES string of the molecule is CNCCN1CCC(c2cc(CN(C)C(=O)c3cccc(Oc4ccccc4)c3)ncn2)CC1. The molecule has 7 heteroatoms. The molecule has 1 saturated heterocycles. The van der Waals surface area contributed by atoms with Crippen molar-refractivity contribution in [2.24, 2.45) is 0 Å². The summed E-state index contributed by atoms with van der Waals surface area (Å²) in [5.41, 5.74) is 2.52. The van der Waals surface area contributed by atoms with Gasteiger partial charge in [0.25, 0.3) is 5.91 Å². The number of carbonyl (C=O) groups excluding carboxylic acids is 1. The number of ether oxygens (including phenoxy) is 1. The van der Waals surface area contributed by atoms with E-state index >= 15 is 0 Å². The van der Waals surface area contributed by atoms with Crippen LogP contribution in [0.2, 0.25) is 0 Å². The quantitative estimate of drug-likeness (QED) is 0.523. The van der Waals surface area contributed by atoms with Gasteiger partial charge < -0.3 is 19.9 Å². The zero-order valence-corrected chi connectivity index (χ0v) is 20.0. The minimum atomic E-state index is -0.0727. The van der Waals surface area contributed by atoms with Gasteiger partial charge in [-0.2, -0.15) is 0 Å². The maximum absolute atomic E-state index is 13.1. The van der Waals surface area contributed by atoms with Gasteiger partial charge in [0.2, 0.25) is 0 Å². The predicted octanol–water partition coefficient (Wildman–Crippen LogP) is 3.94. The number of nitrogens with one attached hydrogen (secondary N) is 1. The molecule has 0 unspecified atom stereocenters. The van der Waals surface area contributed by atoms with Crippen molar-refractivity contribution in [2.75, 3.05) is 40.3 Å². The van der Waals surface area contributed by atoms with Crippen molar-refractivity contribution in [2.45, 2.75) is 25.3 Å². The van der Waals surface area contributed by atoms with Crippen molar-refractivity contribution >= 4 is 5.91 Å². The van der Waals surface area contributed by atoms with Gasteiger partial charge >= 0.3 is 0 Å². The number of amides is 1. The summed E-state index contributed by atoms with van der Waals surface area (Å²) in [6, 6.07) is 18.9. The summed E-state index contributed by atoms with van der Waals surface area (Å²) in [6.07, 6.45) is 3.83. The number of carbonyl (C=O) groups is 1. The molecule has 1 fully saturated rings. The fourth-order valence-corrected chi connectivity index (χ4v) is 4.30. The Morgan fingerprint density at radius 2 is 1.82 bits per heavy atom. The number of para-hydroxylation sites is 1. The van der Waals surface area contributed by atoms with E-state index in [1.807, 2.05) is 55.6 Å². The normalized spacial score (nSPS) is 14.6. The molecular formula is C27H33N5O2. The first kappa shape index (κ1) is 23.9. The molecule has 1 amide bonds. The Hall–Kier alpha value is -3.29. The van der Waals surface area contributed by atoms with Crippen LogP contribution < -0.4 is 10.1 Å². The van der Waals surface area contributed by atoms with Crippen LogP contribution in [0.3, 0.4) is 0 Å². The van der Waals surface area contributed by atoms with Gasteiger partial charge in [-0.1, -0.05) is 24.3 Å². The predicted molar refractivity (Wildman–Crippen MR) is 133 cm³/mol. The van der Waals surface area contributed by atoms with Gasteiger partial charge in [0.1, 0.15) is 17.8 Å². The van der Waals surface area contributed by atoms with Crippen molar-refractivity contribution in [3.63, 3.8) is 0 Å². The van der Waals surface area contributed by atoms with Crippen LogP contribution in [0.25, 0.3) is 0 Å². The second-order valence-electron chi connectivity index (χ2n) is 8.76. The molecule has 178 valence electrons. The summed E-state index contributed by atoms with van der Waals surface area (Å²) in [5, 5.41) is 3.22. The number of hydrogen-bond acceptors (Lipinski definition) is 6. The van der Waals surface area contributed by atoms with E-state index in [4.69, 9.17) is 4.74 Å². The molecule has 4 rings (SSSR count). The highest BCUT2D eigenvalue weighted by Gasteiger charge is 2.22. The highest BCUT2D eigenvalue weighted by molar-refractivity contribution is 5.94. The molecule has 0 bridgehead atoms. The maximum Gasteiger partial charge on any atom is 0.254 e. The van der Waals surface area contributed by atoms with Crippen molar-refractivity contribution in [1.82, 2.24) is 25.1 Å². The Balaban J connectivity index is 1.36. The lowest BCUT2D eigenvalue weighted by atomic mass is 9.93. The van der Waals surface area contributed by atoms with Crippen LogP contribution in [0.1, 0.15) is 40.5 Å². The molecule has 0 radical (unpaired) electrons. The summed E-state index contributed by atoms with van der Waals surface area (Å²) in [6.45, 7) is 4.71. The van der Waals surface area contributed by atoms with E-state index in [9.17, 15) is 4.79 Å². The van der Waals surface area contributed by atoms with Crippen LogP contribution in [0, 0.1) is 0 Å². The Morgan fingerprint density at radius 1 is 1.06 bits per heavy atom. The third-order valence-corrected chi connectivity index (χ3v) is 6.23. The number of hydrogen-bond donors (Lipinski definition) is 1. The van der Waals surface area contributed by atoms with E-state index in [-0.39, 0.29) is 5.91 Å². The van der Waals surface area contributed by atoms with Crippen LogP contribution in [0.4, 0.5) is 0 Å². The average molecular weight is 460 g/mol. The van der Waals surface area contributed by atoms with E-state index in [1.54, 1.807) is 24.3 Å². The van der Waals surface area contributed by atoms with Crippen LogP contribution >= 0.6 is 0 Å². The largest absolute Gasteiger partial charge is 0.457 e. The molecule has 2 heterocycles. The van der Waals surface area contributed by atoms with Gasteiger partial charge in [-0.3, -0.25) is 4.79 Å². The lowest BCUT2D eigenvalue weighted by molar-refractivity contribution is 0.0783. The van der Waals surface area contributed by atoms with Gasteiger partial charge in [0.15, 0.2) is 0 Å². The molecule has 0 spiro atoms. The third kappa shape index (κ3) is 6.40. The number of likely N-dealkylation sites (tertiary alicyclic amines) is 1. The molecule has 1 aliphatic rings. The molecule has 0 aliphatic carbocycles. The van der Waals surface area contributed by atoms with E-state index in [0.717, 1.165) is 56.2 Å². The number of rotatable bonds is 9. The number of benzene rings is 2. The van der Waals surface area contributed by atoms with Gasteiger partial charge in [-0.15, -0.1) is 0 Å². The maximum atomic E-state index is 13.1. The number of likely N-dealkylation sites (N-methyl/N-ethyl adjacent to an activating group) is 1. The first-order valence-corrected chi connectivity index (χ1v) is 11.9. The second-order valence-corrected chi connectivity index (χ2v) is 8.76. The Morgan fingerprint density at radius 3 is 2.59 bits per heavy atom. The van der Waals surface area contributed by atoms with Crippen LogP contribution in [0.5, 0.6) is 11.5 Å². The minimum Gasteiger partial charge on any atom is -0.457 e. The van der Waals surface area contributed by atoms with E-state index in [2.05, 4.69) is 26.3 Å². The van der Waals surface area contributed by atoms with E-state index in [0.29, 0.717) is 23.8 Å². The van der Waals surface area contributed by atoms with Crippen LogP contribution in [0.15, 0.2) is 67.0 Å². The summed E-state index contributed by atoms with van der Waals surface area (Å²) in [5.74, 6) is 1.74. The standard InChI is InChI=1S/C27H33N5O2/c1-28-13-16-32-14-11-21(12-15-32)26-18-23(29-20-30-26)19-31(2)27(33)22-7-6-10-25(17-22)34-24-8-4-3-5-9-24/h3-10,17-18,20-21,28H,11-16,19H2,1-2H3. The average Bonchev–Trinajstić information content (AvgIpc) is 2.88. The summed E-state index contributed by atoms with van der Waals surface area (Å²) in [4.78, 5) is 26.2. The van der Waals surface area contributed by atoms with Crippen molar-refractivity contribution < 1.29 is 9.53 Å². The smallest absolute Gasteiger partial charge is 0.254 e. The Kier molecular flexibility index (Phi) is 8.22. The number of aromatic nitrogens is 2. The fourth-order valence-electron chi connectivity index (χ4n) is 4.30. The van der Waals surface area contributed by atoms with Crippen molar-refractivity contribution in [3.8, 4) is 11.5 Å². The molecule has 2 aromatic carbocycles. The van der Waals surface area contributed by atoms with E-state index < -0.39 is 0 Å². The molecule has 34 heavy (non-hydrogen) atoms. The Labute approximate surface area is 201 Å². The first-order chi connectivity index (χ1) is 16.6. The summed E-state index contributed by atoms with van der Waals surface area (Å²) in [7, 11) is 3.79. The van der Waals surface area contributed by atoms with E-state index in [1.165, 1.54) is 0 Å². The highest BCUT2D eigenvalue weighted by atomic mass is 16.5. The number of nitrogens with zero attached hydrogens (tertiary/aromatic N) is 4. The molecule has 1 N–H and O–H groups in total.